The van der Waals surface area contributed by atoms with Crippen LogP contribution in [0.4, 0.5) is 0 Å². The molecule has 0 spiro atoms. The molecule has 2 heterocycles. The largest absolute Gasteiger partial charge is 0.477 e. The van der Waals surface area contributed by atoms with Crippen LogP contribution in [0.5, 0.6) is 5.88 Å². The van der Waals surface area contributed by atoms with Crippen molar-refractivity contribution >= 4 is 10.9 Å². The van der Waals surface area contributed by atoms with Gasteiger partial charge < -0.3 is 9.64 Å². The van der Waals surface area contributed by atoms with Crippen molar-refractivity contribution in [3.63, 3.8) is 0 Å². The van der Waals surface area contributed by atoms with Gasteiger partial charge in [-0.3, -0.25) is 0 Å². The molecule has 0 fully saturated rings. The standard InChI is InChI=1S/C22H24N2O/c1-24-14-13-18-19-11-5-6-12-21(19)23-22(20(18)16-24)25-15-7-10-17-8-3-2-4-9-17/h2-6,8-9,11-12H,7,10,13-16H2,1H3. The van der Waals surface area contributed by atoms with E-state index in [0.29, 0.717) is 6.61 Å². The van der Waals surface area contributed by atoms with Crippen molar-refractivity contribution in [3.05, 3.63) is 71.3 Å². The van der Waals surface area contributed by atoms with Gasteiger partial charge in [-0.15, -0.1) is 0 Å². The van der Waals surface area contributed by atoms with Gasteiger partial charge >= 0.3 is 0 Å². The quantitative estimate of drug-likeness (QED) is 0.654. The van der Waals surface area contributed by atoms with Gasteiger partial charge in [0.1, 0.15) is 0 Å². The number of benzene rings is 2. The molecule has 0 saturated carbocycles. The lowest BCUT2D eigenvalue weighted by Gasteiger charge is -2.27. The Balaban J connectivity index is 1.53. The van der Waals surface area contributed by atoms with E-state index in [4.69, 9.17) is 9.72 Å². The van der Waals surface area contributed by atoms with Crippen LogP contribution in [0.15, 0.2) is 54.6 Å². The van der Waals surface area contributed by atoms with Gasteiger partial charge in [0, 0.05) is 24.0 Å². The number of aryl methyl sites for hydroxylation is 1. The fourth-order valence-corrected chi connectivity index (χ4v) is 3.60. The first kappa shape index (κ1) is 16.1. The Hall–Kier alpha value is -2.39. The first-order valence-electron chi connectivity index (χ1n) is 9.07. The number of likely N-dealkylation sites (N-methyl/N-ethyl adjacent to an activating group) is 1. The Morgan fingerprint density at radius 2 is 1.80 bits per heavy atom. The van der Waals surface area contributed by atoms with Crippen LogP contribution in [-0.2, 0) is 19.4 Å². The summed E-state index contributed by atoms with van der Waals surface area (Å²) < 4.78 is 6.14. The van der Waals surface area contributed by atoms with Crippen molar-refractivity contribution in [2.24, 2.45) is 0 Å². The highest BCUT2D eigenvalue weighted by molar-refractivity contribution is 5.84. The lowest BCUT2D eigenvalue weighted by Crippen LogP contribution is -2.27. The Labute approximate surface area is 149 Å². The third-order valence-corrected chi connectivity index (χ3v) is 4.94. The monoisotopic (exact) mass is 332 g/mol. The molecule has 0 atom stereocenters. The molecule has 0 aliphatic carbocycles. The maximum atomic E-state index is 6.14. The summed E-state index contributed by atoms with van der Waals surface area (Å²) in [5.74, 6) is 0.827. The van der Waals surface area contributed by atoms with Crippen molar-refractivity contribution < 1.29 is 4.74 Å². The minimum Gasteiger partial charge on any atom is -0.477 e. The van der Waals surface area contributed by atoms with Gasteiger partial charge in [-0.25, -0.2) is 4.98 Å². The van der Waals surface area contributed by atoms with Gasteiger partial charge in [0.2, 0.25) is 5.88 Å². The van der Waals surface area contributed by atoms with E-state index in [2.05, 4.69) is 66.5 Å². The fraction of sp³-hybridized carbons (Fsp3) is 0.318. The van der Waals surface area contributed by atoms with E-state index in [1.54, 1.807) is 0 Å². The number of ether oxygens (including phenoxy) is 1. The zero-order chi connectivity index (χ0) is 17.1. The maximum Gasteiger partial charge on any atom is 0.218 e. The average Bonchev–Trinajstić information content (AvgIpc) is 2.66. The summed E-state index contributed by atoms with van der Waals surface area (Å²) in [6, 6.07) is 19.0. The predicted octanol–water partition coefficient (Wildman–Crippen LogP) is 4.23. The predicted molar refractivity (Wildman–Crippen MR) is 102 cm³/mol. The van der Waals surface area contributed by atoms with Gasteiger partial charge in [-0.1, -0.05) is 48.5 Å². The summed E-state index contributed by atoms with van der Waals surface area (Å²) in [6.45, 7) is 2.71. The summed E-state index contributed by atoms with van der Waals surface area (Å²) in [4.78, 5) is 7.16. The lowest BCUT2D eigenvalue weighted by molar-refractivity contribution is 0.272. The first-order valence-corrected chi connectivity index (χ1v) is 9.07. The molecule has 1 aliphatic heterocycles. The van der Waals surface area contributed by atoms with Crippen molar-refractivity contribution in [3.8, 4) is 5.88 Å². The highest BCUT2D eigenvalue weighted by Gasteiger charge is 2.21. The molecule has 128 valence electrons. The van der Waals surface area contributed by atoms with E-state index < -0.39 is 0 Å². The maximum absolute atomic E-state index is 6.14. The van der Waals surface area contributed by atoms with E-state index in [1.807, 2.05) is 0 Å². The van der Waals surface area contributed by atoms with E-state index in [1.165, 1.54) is 22.1 Å². The first-order chi connectivity index (χ1) is 12.3. The number of para-hydroxylation sites is 1. The van der Waals surface area contributed by atoms with Crippen LogP contribution in [0.25, 0.3) is 10.9 Å². The van der Waals surface area contributed by atoms with Gasteiger partial charge in [0.05, 0.1) is 12.1 Å². The SMILES string of the molecule is CN1CCc2c(c(OCCCc3ccccc3)nc3ccccc23)C1. The molecule has 0 amide bonds. The zero-order valence-corrected chi connectivity index (χ0v) is 14.7. The zero-order valence-electron chi connectivity index (χ0n) is 14.7. The van der Waals surface area contributed by atoms with Crippen molar-refractivity contribution in [2.45, 2.75) is 25.8 Å². The second-order valence-electron chi connectivity index (χ2n) is 6.82. The van der Waals surface area contributed by atoms with E-state index >= 15 is 0 Å². The van der Waals surface area contributed by atoms with Crippen LogP contribution >= 0.6 is 0 Å². The highest BCUT2D eigenvalue weighted by Crippen LogP contribution is 2.32. The number of nitrogens with zero attached hydrogens (tertiary/aromatic N) is 2. The number of fused-ring (bicyclic) bond motifs is 3. The van der Waals surface area contributed by atoms with Crippen LogP contribution in [0.1, 0.15) is 23.1 Å². The smallest absolute Gasteiger partial charge is 0.218 e. The molecule has 1 aliphatic rings. The van der Waals surface area contributed by atoms with Crippen LogP contribution in [-0.4, -0.2) is 30.1 Å². The van der Waals surface area contributed by atoms with Gasteiger partial charge in [-0.05, 0) is 43.5 Å². The van der Waals surface area contributed by atoms with Crippen molar-refractivity contribution in [1.29, 1.82) is 0 Å². The molecule has 0 unspecified atom stereocenters. The second kappa shape index (κ2) is 7.24. The minimum absolute atomic E-state index is 0.705. The Morgan fingerprint density at radius 3 is 2.68 bits per heavy atom. The topological polar surface area (TPSA) is 25.4 Å². The number of pyridine rings is 1. The van der Waals surface area contributed by atoms with Crippen LogP contribution in [0.2, 0.25) is 0 Å². The molecule has 3 nitrogen and oxygen atoms in total. The molecule has 1 aromatic heterocycles. The fourth-order valence-electron chi connectivity index (χ4n) is 3.60. The number of aromatic nitrogens is 1. The average molecular weight is 332 g/mol. The highest BCUT2D eigenvalue weighted by atomic mass is 16.5. The van der Waals surface area contributed by atoms with E-state index in [0.717, 1.165) is 43.7 Å². The number of hydrogen-bond donors (Lipinski definition) is 0. The van der Waals surface area contributed by atoms with Gasteiger partial charge in [0.25, 0.3) is 0 Å². The Bertz CT molecular complexity index is 861. The molecule has 0 radical (unpaired) electrons. The Kier molecular flexibility index (Phi) is 4.66. The third-order valence-electron chi connectivity index (χ3n) is 4.94. The summed E-state index contributed by atoms with van der Waals surface area (Å²) >= 11 is 0. The Morgan fingerprint density at radius 1 is 1.00 bits per heavy atom. The van der Waals surface area contributed by atoms with Crippen molar-refractivity contribution in [1.82, 2.24) is 9.88 Å². The number of rotatable bonds is 5. The minimum atomic E-state index is 0.705. The molecular formula is C22H24N2O. The molecule has 0 N–H and O–H groups in total. The molecule has 4 rings (SSSR count). The molecule has 0 bridgehead atoms. The second-order valence-corrected chi connectivity index (χ2v) is 6.82. The normalized spacial score (nSPS) is 14.4. The molecule has 3 heteroatoms. The van der Waals surface area contributed by atoms with Crippen LogP contribution < -0.4 is 4.74 Å². The van der Waals surface area contributed by atoms with Gasteiger partial charge in [-0.2, -0.15) is 0 Å². The summed E-state index contributed by atoms with van der Waals surface area (Å²) in [5.41, 5.74) is 5.09. The third kappa shape index (κ3) is 3.52. The summed E-state index contributed by atoms with van der Waals surface area (Å²) in [6.07, 6.45) is 3.11. The molecule has 3 aromatic rings. The summed E-state index contributed by atoms with van der Waals surface area (Å²) in [5, 5.41) is 1.28. The molecule has 2 aromatic carbocycles. The van der Waals surface area contributed by atoms with Crippen LogP contribution in [0, 0.1) is 0 Å². The lowest BCUT2D eigenvalue weighted by atomic mass is 9.96. The molecule has 0 saturated heterocycles. The summed E-state index contributed by atoms with van der Waals surface area (Å²) in [7, 11) is 2.16. The molecule has 25 heavy (non-hydrogen) atoms. The van der Waals surface area contributed by atoms with Gasteiger partial charge in [0.15, 0.2) is 0 Å². The van der Waals surface area contributed by atoms with Crippen molar-refractivity contribution in [2.75, 3.05) is 20.2 Å². The number of hydrogen-bond acceptors (Lipinski definition) is 3. The van der Waals surface area contributed by atoms with Crippen LogP contribution in [0.3, 0.4) is 0 Å². The van der Waals surface area contributed by atoms with E-state index in [9.17, 15) is 0 Å². The van der Waals surface area contributed by atoms with E-state index in [-0.39, 0.29) is 0 Å². The molecular weight excluding hydrogens is 308 g/mol.